The van der Waals surface area contributed by atoms with Crippen LogP contribution < -0.4 is 9.96 Å². The Morgan fingerprint density at radius 3 is 2.59 bits per heavy atom. The Kier molecular flexibility index (Phi) is 5.45. The van der Waals surface area contributed by atoms with Gasteiger partial charge in [-0.25, -0.2) is 0 Å². The third-order valence-corrected chi connectivity index (χ3v) is 5.00. The summed E-state index contributed by atoms with van der Waals surface area (Å²) < 4.78 is 10.7. The van der Waals surface area contributed by atoms with Crippen molar-refractivity contribution < 1.29 is 19.6 Å². The van der Waals surface area contributed by atoms with E-state index in [4.69, 9.17) is 14.5 Å². The summed E-state index contributed by atoms with van der Waals surface area (Å²) in [6, 6.07) is 13.8. The zero-order chi connectivity index (χ0) is 20.4. The van der Waals surface area contributed by atoms with Gasteiger partial charge in [-0.2, -0.15) is 4.98 Å². The first-order valence-corrected chi connectivity index (χ1v) is 9.18. The van der Waals surface area contributed by atoms with Gasteiger partial charge in [0.05, 0.1) is 24.9 Å². The van der Waals surface area contributed by atoms with Gasteiger partial charge in [-0.3, -0.25) is 10.1 Å². The van der Waals surface area contributed by atoms with Crippen LogP contribution in [0.25, 0.3) is 11.4 Å². The predicted octanol–water partition coefficient (Wildman–Crippen LogP) is 2.75. The fourth-order valence-electron chi connectivity index (χ4n) is 3.50. The average molecular weight is 397 g/mol. The van der Waals surface area contributed by atoms with Gasteiger partial charge in [0.1, 0.15) is 5.75 Å². The molecule has 0 radical (unpaired) electrons. The van der Waals surface area contributed by atoms with E-state index in [1.54, 1.807) is 19.2 Å². The summed E-state index contributed by atoms with van der Waals surface area (Å²) in [5.74, 6) is 1.67. The van der Waals surface area contributed by atoms with E-state index in [-0.39, 0.29) is 17.0 Å². The van der Waals surface area contributed by atoms with Gasteiger partial charge in [0, 0.05) is 18.7 Å². The second-order valence-corrected chi connectivity index (χ2v) is 6.96. The minimum Gasteiger partial charge on any atom is -0.733 e. The highest BCUT2D eigenvalue weighted by atomic mass is 16.8. The molecule has 1 aliphatic rings. The highest BCUT2D eigenvalue weighted by Crippen LogP contribution is 2.34. The van der Waals surface area contributed by atoms with Crippen LogP contribution in [0.4, 0.5) is 5.69 Å². The topological polar surface area (TPSA) is 118 Å². The minimum atomic E-state index is -0.495. The quantitative estimate of drug-likeness (QED) is 0.605. The zero-order valence-corrected chi connectivity index (χ0v) is 15.8. The smallest absolute Gasteiger partial charge is 0.244 e. The molecular weight excluding hydrogens is 376 g/mol. The molecule has 2 heterocycles. The molecular formula is C20H21N4O5-. The van der Waals surface area contributed by atoms with Crippen LogP contribution in [0.2, 0.25) is 0 Å². The van der Waals surface area contributed by atoms with Gasteiger partial charge in [0.15, 0.2) is 0 Å². The molecule has 9 heteroatoms. The molecule has 4 rings (SSSR count). The van der Waals surface area contributed by atoms with E-state index >= 15 is 0 Å². The Labute approximate surface area is 167 Å². The number of rotatable bonds is 6. The molecule has 1 fully saturated rings. The molecule has 3 aromatic rings. The van der Waals surface area contributed by atoms with Crippen molar-refractivity contribution in [2.24, 2.45) is 0 Å². The molecule has 2 aromatic carbocycles. The number of likely N-dealkylation sites (tertiary alicyclic amines) is 1. The largest absolute Gasteiger partial charge is 0.733 e. The number of ether oxygens (including phenoxy) is 1. The first-order chi connectivity index (χ1) is 14.0. The first kappa shape index (κ1) is 19.3. The molecule has 0 spiro atoms. The summed E-state index contributed by atoms with van der Waals surface area (Å²) in [5.41, 5.74) is 1.91. The molecule has 1 saturated heterocycles. The predicted molar refractivity (Wildman–Crippen MR) is 104 cm³/mol. The maximum absolute atomic E-state index is 10.9. The van der Waals surface area contributed by atoms with E-state index in [9.17, 15) is 10.3 Å². The van der Waals surface area contributed by atoms with Crippen LogP contribution in [0, 0.1) is 5.21 Å². The van der Waals surface area contributed by atoms with Crippen LogP contribution >= 0.6 is 0 Å². The lowest BCUT2D eigenvalue weighted by atomic mass is 10.1. The van der Waals surface area contributed by atoms with Crippen molar-refractivity contribution in [2.75, 3.05) is 18.9 Å². The summed E-state index contributed by atoms with van der Waals surface area (Å²) in [4.78, 5) is 6.58. The van der Waals surface area contributed by atoms with E-state index in [0.717, 1.165) is 16.9 Å². The molecule has 152 valence electrons. The molecule has 9 nitrogen and oxygen atoms in total. The standard InChI is InChI=1S/C20H21N4O5/c1-28-17-8-4-14(5-9-17)19-21-20(29-22-19)18-10-16(25)12-23(18)11-13-2-6-15(7-3-13)24(26)27/h2-9,16,18,25-26H,10-12H2,1H3/q-1/t16-,18+/m1/s1. The SMILES string of the molecule is COc1ccc(-c2noc([C@@H]3C[C@@H](O)CN3Cc3ccc(N([O-])O)cc3)n2)cc1. The van der Waals surface area contributed by atoms with E-state index in [1.807, 2.05) is 24.3 Å². The van der Waals surface area contributed by atoms with Crippen molar-refractivity contribution in [3.05, 3.63) is 65.2 Å². The van der Waals surface area contributed by atoms with Crippen LogP contribution in [0.15, 0.2) is 53.1 Å². The first-order valence-electron chi connectivity index (χ1n) is 9.18. The van der Waals surface area contributed by atoms with Crippen molar-refractivity contribution >= 4 is 5.69 Å². The van der Waals surface area contributed by atoms with E-state index in [0.29, 0.717) is 31.2 Å². The van der Waals surface area contributed by atoms with Gasteiger partial charge < -0.3 is 24.8 Å². The third-order valence-electron chi connectivity index (χ3n) is 5.00. The Morgan fingerprint density at radius 1 is 1.21 bits per heavy atom. The Balaban J connectivity index is 1.51. The van der Waals surface area contributed by atoms with Crippen LogP contribution in [-0.4, -0.2) is 45.1 Å². The number of hydrogen-bond acceptors (Lipinski definition) is 9. The number of nitrogens with zero attached hydrogens (tertiary/aromatic N) is 4. The fraction of sp³-hybridized carbons (Fsp3) is 0.300. The maximum atomic E-state index is 10.9. The molecule has 0 saturated carbocycles. The van der Waals surface area contributed by atoms with Crippen molar-refractivity contribution in [2.45, 2.75) is 25.1 Å². The Morgan fingerprint density at radius 2 is 1.93 bits per heavy atom. The number of benzene rings is 2. The third kappa shape index (κ3) is 4.22. The van der Waals surface area contributed by atoms with Gasteiger partial charge in [-0.1, -0.05) is 17.3 Å². The van der Waals surface area contributed by atoms with Gasteiger partial charge in [0.2, 0.25) is 11.7 Å². The molecule has 2 N–H and O–H groups in total. The minimum absolute atomic E-state index is 0.160. The van der Waals surface area contributed by atoms with Gasteiger partial charge in [-0.05, 0) is 48.4 Å². The lowest BCUT2D eigenvalue weighted by Crippen LogP contribution is -2.24. The van der Waals surface area contributed by atoms with Crippen LogP contribution in [0.3, 0.4) is 0 Å². The van der Waals surface area contributed by atoms with Crippen molar-refractivity contribution in [1.29, 1.82) is 0 Å². The maximum Gasteiger partial charge on any atom is 0.244 e. The van der Waals surface area contributed by atoms with Gasteiger partial charge in [-0.15, -0.1) is 0 Å². The fourth-order valence-corrected chi connectivity index (χ4v) is 3.50. The van der Waals surface area contributed by atoms with Crippen LogP contribution in [-0.2, 0) is 6.54 Å². The number of aliphatic hydroxyl groups is 1. The molecule has 1 aliphatic heterocycles. The highest BCUT2D eigenvalue weighted by molar-refractivity contribution is 5.55. The molecule has 0 unspecified atom stereocenters. The number of β-amino-alcohol motifs (C(OH)–C–C–N with tert-alkyl or cyclic N) is 1. The van der Waals surface area contributed by atoms with Crippen LogP contribution in [0.5, 0.6) is 5.75 Å². The van der Waals surface area contributed by atoms with Crippen molar-refractivity contribution in [3.8, 4) is 17.1 Å². The summed E-state index contributed by atoms with van der Waals surface area (Å²) in [6.45, 7) is 1.01. The highest BCUT2D eigenvalue weighted by Gasteiger charge is 2.35. The van der Waals surface area contributed by atoms with E-state index in [1.165, 1.54) is 12.1 Å². The molecule has 0 amide bonds. The number of anilines is 1. The summed E-state index contributed by atoms with van der Waals surface area (Å²) in [6.07, 6.45) is -0.00184. The lowest BCUT2D eigenvalue weighted by molar-refractivity contribution is 0.169. The number of aliphatic hydroxyl groups excluding tert-OH is 1. The van der Waals surface area contributed by atoms with E-state index < -0.39 is 6.10 Å². The zero-order valence-electron chi connectivity index (χ0n) is 15.8. The molecule has 0 aliphatic carbocycles. The normalized spacial score (nSPS) is 19.4. The molecule has 1 aromatic heterocycles. The van der Waals surface area contributed by atoms with Crippen molar-refractivity contribution in [3.63, 3.8) is 0 Å². The molecule has 0 bridgehead atoms. The Hall–Kier alpha value is -2.98. The average Bonchev–Trinajstić information content (AvgIpc) is 3.35. The number of aromatic nitrogens is 2. The van der Waals surface area contributed by atoms with Crippen LogP contribution in [0.1, 0.15) is 23.9 Å². The number of methoxy groups -OCH3 is 1. The van der Waals surface area contributed by atoms with Gasteiger partial charge in [0.25, 0.3) is 0 Å². The summed E-state index contributed by atoms with van der Waals surface area (Å²) in [7, 11) is 1.61. The summed E-state index contributed by atoms with van der Waals surface area (Å²) >= 11 is 0. The monoisotopic (exact) mass is 397 g/mol. The second kappa shape index (κ2) is 8.18. The second-order valence-electron chi connectivity index (χ2n) is 6.96. The molecule has 2 atom stereocenters. The van der Waals surface area contributed by atoms with Crippen molar-refractivity contribution in [1.82, 2.24) is 15.0 Å². The lowest BCUT2D eigenvalue weighted by Gasteiger charge is -2.23. The Bertz CT molecular complexity index is 942. The summed E-state index contributed by atoms with van der Waals surface area (Å²) in [5, 5.41) is 34.0. The number of hydrogen-bond donors (Lipinski definition) is 2. The van der Waals surface area contributed by atoms with Gasteiger partial charge >= 0.3 is 0 Å². The molecule has 29 heavy (non-hydrogen) atoms. The van der Waals surface area contributed by atoms with E-state index in [2.05, 4.69) is 15.0 Å².